The molecule has 0 saturated carbocycles. The van der Waals surface area contributed by atoms with Crippen molar-refractivity contribution in [2.45, 2.75) is 13.0 Å². The first-order valence-corrected chi connectivity index (χ1v) is 8.70. The molecule has 3 aromatic rings. The number of fused-ring (bicyclic) bond motifs is 1. The van der Waals surface area contributed by atoms with E-state index in [1.807, 2.05) is 0 Å². The van der Waals surface area contributed by atoms with Crippen LogP contribution in [0, 0.1) is 0 Å². The number of carbonyl (C=O) groups is 2. The summed E-state index contributed by atoms with van der Waals surface area (Å²) in [6.45, 7) is 0.0288. The van der Waals surface area contributed by atoms with Gasteiger partial charge in [0.2, 0.25) is 5.91 Å². The summed E-state index contributed by atoms with van der Waals surface area (Å²) in [5.74, 6) is -0.508. The van der Waals surface area contributed by atoms with E-state index in [0.29, 0.717) is 22.0 Å². The number of benzene rings is 2. The Hall–Kier alpha value is -3.68. The van der Waals surface area contributed by atoms with E-state index in [1.165, 1.54) is 4.90 Å². The van der Waals surface area contributed by atoms with Gasteiger partial charge in [-0.1, -0.05) is 18.2 Å². The topological polar surface area (TPSA) is 104 Å². The fourth-order valence-electron chi connectivity index (χ4n) is 2.83. The summed E-state index contributed by atoms with van der Waals surface area (Å²) >= 11 is 0. The van der Waals surface area contributed by atoms with Crippen LogP contribution in [-0.2, 0) is 11.3 Å². The zero-order chi connectivity index (χ0) is 20.3. The minimum atomic E-state index is -0.384. The Balaban J connectivity index is 1.72. The third-order valence-corrected chi connectivity index (χ3v) is 4.25. The van der Waals surface area contributed by atoms with Crippen molar-refractivity contribution in [1.82, 2.24) is 14.7 Å². The van der Waals surface area contributed by atoms with Crippen molar-refractivity contribution >= 4 is 28.3 Å². The van der Waals surface area contributed by atoms with Crippen molar-refractivity contribution in [2.24, 2.45) is 0 Å². The Morgan fingerprint density at radius 1 is 1.04 bits per heavy atom. The van der Waals surface area contributed by atoms with Crippen molar-refractivity contribution in [3.8, 4) is 0 Å². The van der Waals surface area contributed by atoms with Gasteiger partial charge in [-0.05, 0) is 30.3 Å². The fraction of sp³-hybridized carbons (Fsp3) is 0.200. The summed E-state index contributed by atoms with van der Waals surface area (Å²) < 4.78 is 1.14. The standard InChI is InChI=1S/C20H20N4O4/c1-23(2)19(27)13-6-5-7-14(12-13)21-17(25)10-11-24-20(28)16-9-4-3-8-15(16)18(26)22-24/h3-9,12H,10-11H2,1-2H3,(H,21,25)(H,22,26). The largest absolute Gasteiger partial charge is 0.345 e. The molecule has 0 aliphatic carbocycles. The number of aromatic nitrogens is 2. The second-order valence-corrected chi connectivity index (χ2v) is 6.52. The molecule has 0 saturated heterocycles. The number of rotatable bonds is 5. The van der Waals surface area contributed by atoms with Gasteiger partial charge in [-0.25, -0.2) is 4.68 Å². The monoisotopic (exact) mass is 380 g/mol. The summed E-state index contributed by atoms with van der Waals surface area (Å²) in [4.78, 5) is 50.3. The van der Waals surface area contributed by atoms with Crippen molar-refractivity contribution < 1.29 is 9.59 Å². The third-order valence-electron chi connectivity index (χ3n) is 4.25. The molecule has 1 aromatic heterocycles. The summed E-state index contributed by atoms with van der Waals surface area (Å²) in [5, 5.41) is 5.82. The Kier molecular flexibility index (Phi) is 5.39. The quantitative estimate of drug-likeness (QED) is 0.698. The SMILES string of the molecule is CN(C)C(=O)c1cccc(NC(=O)CCn2[nH]c(=O)c3ccccc3c2=O)c1. The molecular weight excluding hydrogens is 360 g/mol. The van der Waals surface area contributed by atoms with E-state index in [2.05, 4.69) is 10.4 Å². The lowest BCUT2D eigenvalue weighted by Crippen LogP contribution is -2.31. The maximum Gasteiger partial charge on any atom is 0.273 e. The molecule has 0 aliphatic heterocycles. The predicted octanol–water partition coefficient (Wildman–Crippen LogP) is 1.42. The first-order chi connectivity index (χ1) is 13.4. The van der Waals surface area contributed by atoms with Crippen molar-refractivity contribution in [1.29, 1.82) is 0 Å². The lowest BCUT2D eigenvalue weighted by molar-refractivity contribution is -0.116. The van der Waals surface area contributed by atoms with Crippen LogP contribution in [0.3, 0.4) is 0 Å². The molecule has 0 unspecified atom stereocenters. The van der Waals surface area contributed by atoms with Gasteiger partial charge in [-0.15, -0.1) is 0 Å². The molecule has 0 bridgehead atoms. The van der Waals surface area contributed by atoms with Gasteiger partial charge >= 0.3 is 0 Å². The highest BCUT2D eigenvalue weighted by Crippen LogP contribution is 2.12. The molecule has 144 valence electrons. The number of carbonyl (C=O) groups excluding carboxylic acids is 2. The van der Waals surface area contributed by atoms with Gasteiger partial charge in [0.25, 0.3) is 17.0 Å². The lowest BCUT2D eigenvalue weighted by Gasteiger charge is -2.12. The van der Waals surface area contributed by atoms with E-state index < -0.39 is 0 Å². The van der Waals surface area contributed by atoms with E-state index in [9.17, 15) is 19.2 Å². The third kappa shape index (κ3) is 4.01. The van der Waals surface area contributed by atoms with E-state index in [0.717, 1.165) is 4.68 Å². The van der Waals surface area contributed by atoms with Crippen LogP contribution in [-0.4, -0.2) is 40.6 Å². The van der Waals surface area contributed by atoms with Gasteiger partial charge in [0, 0.05) is 31.8 Å². The van der Waals surface area contributed by atoms with Crippen LogP contribution in [0.5, 0.6) is 0 Å². The zero-order valence-electron chi connectivity index (χ0n) is 15.6. The van der Waals surface area contributed by atoms with E-state index in [4.69, 9.17) is 0 Å². The minimum absolute atomic E-state index is 0.0138. The van der Waals surface area contributed by atoms with Gasteiger partial charge in [0.15, 0.2) is 0 Å². The number of aryl methyl sites for hydroxylation is 1. The molecule has 2 aromatic carbocycles. The van der Waals surface area contributed by atoms with Crippen LogP contribution in [0.4, 0.5) is 5.69 Å². The van der Waals surface area contributed by atoms with E-state index in [-0.39, 0.29) is 35.9 Å². The molecule has 0 aliphatic rings. The predicted molar refractivity (Wildman–Crippen MR) is 107 cm³/mol. The number of hydrogen-bond donors (Lipinski definition) is 2. The smallest absolute Gasteiger partial charge is 0.273 e. The fourth-order valence-corrected chi connectivity index (χ4v) is 2.83. The molecule has 2 amide bonds. The summed E-state index contributed by atoms with van der Waals surface area (Å²) in [5.41, 5.74) is 0.196. The molecule has 3 rings (SSSR count). The first-order valence-electron chi connectivity index (χ1n) is 8.70. The number of aromatic amines is 1. The Bertz CT molecular complexity index is 1160. The van der Waals surface area contributed by atoms with Crippen LogP contribution in [0.2, 0.25) is 0 Å². The Morgan fingerprint density at radius 2 is 1.75 bits per heavy atom. The van der Waals surface area contributed by atoms with Crippen LogP contribution >= 0.6 is 0 Å². The molecule has 0 atom stereocenters. The molecule has 1 heterocycles. The van der Waals surface area contributed by atoms with Gasteiger partial charge < -0.3 is 10.2 Å². The van der Waals surface area contributed by atoms with Crippen molar-refractivity contribution in [3.63, 3.8) is 0 Å². The van der Waals surface area contributed by atoms with E-state index >= 15 is 0 Å². The molecule has 8 heteroatoms. The Morgan fingerprint density at radius 3 is 2.46 bits per heavy atom. The molecule has 0 radical (unpaired) electrons. The summed E-state index contributed by atoms with van der Waals surface area (Å²) in [7, 11) is 3.30. The molecule has 0 fully saturated rings. The second kappa shape index (κ2) is 7.91. The molecular formula is C20H20N4O4. The normalized spacial score (nSPS) is 10.6. The number of anilines is 1. The van der Waals surface area contributed by atoms with Gasteiger partial charge in [-0.2, -0.15) is 0 Å². The highest BCUT2D eigenvalue weighted by atomic mass is 16.2. The average Bonchev–Trinajstić information content (AvgIpc) is 2.69. The zero-order valence-corrected chi connectivity index (χ0v) is 15.6. The van der Waals surface area contributed by atoms with Gasteiger partial charge in [0.1, 0.15) is 0 Å². The maximum absolute atomic E-state index is 12.5. The highest BCUT2D eigenvalue weighted by Gasteiger charge is 2.11. The van der Waals surface area contributed by atoms with Crippen molar-refractivity contribution in [2.75, 3.05) is 19.4 Å². The van der Waals surface area contributed by atoms with E-state index in [1.54, 1.807) is 62.6 Å². The Labute approximate surface area is 160 Å². The summed E-state index contributed by atoms with van der Waals surface area (Å²) in [6.07, 6.45) is -0.0138. The number of hydrogen-bond acceptors (Lipinski definition) is 4. The number of nitrogens with zero attached hydrogens (tertiary/aromatic N) is 2. The second-order valence-electron chi connectivity index (χ2n) is 6.52. The maximum atomic E-state index is 12.5. The van der Waals surface area contributed by atoms with Crippen LogP contribution in [0.1, 0.15) is 16.8 Å². The molecule has 28 heavy (non-hydrogen) atoms. The number of amides is 2. The average molecular weight is 380 g/mol. The van der Waals surface area contributed by atoms with Crippen LogP contribution in [0.15, 0.2) is 58.1 Å². The van der Waals surface area contributed by atoms with Gasteiger partial charge in [-0.3, -0.25) is 24.3 Å². The molecule has 2 N–H and O–H groups in total. The van der Waals surface area contributed by atoms with Crippen LogP contribution < -0.4 is 16.4 Å². The minimum Gasteiger partial charge on any atom is -0.345 e. The first kappa shape index (κ1) is 19.1. The molecule has 0 spiro atoms. The lowest BCUT2D eigenvalue weighted by atomic mass is 10.2. The highest BCUT2D eigenvalue weighted by molar-refractivity contribution is 5.97. The summed E-state index contributed by atoms with van der Waals surface area (Å²) in [6, 6.07) is 13.1. The van der Waals surface area contributed by atoms with Gasteiger partial charge in [0.05, 0.1) is 17.3 Å². The number of H-pyrrole nitrogens is 1. The van der Waals surface area contributed by atoms with Crippen LogP contribution in [0.25, 0.3) is 10.8 Å². The van der Waals surface area contributed by atoms with Crippen molar-refractivity contribution in [3.05, 3.63) is 74.8 Å². The molecule has 8 nitrogen and oxygen atoms in total. The number of nitrogens with one attached hydrogen (secondary N) is 2.